The lowest BCUT2D eigenvalue weighted by atomic mass is 9.85. The van der Waals surface area contributed by atoms with E-state index in [1.54, 1.807) is 0 Å². The van der Waals surface area contributed by atoms with Crippen LogP contribution in [0.25, 0.3) is 0 Å². The van der Waals surface area contributed by atoms with Crippen molar-refractivity contribution >= 4 is 5.97 Å². The average Bonchev–Trinajstić information content (AvgIpc) is 2.67. The summed E-state index contributed by atoms with van der Waals surface area (Å²) in [4.78, 5) is 11.6. The van der Waals surface area contributed by atoms with Crippen LogP contribution in [0.4, 0.5) is 0 Å². The maximum Gasteiger partial charge on any atom is 0.309 e. The van der Waals surface area contributed by atoms with Crippen molar-refractivity contribution in [2.75, 3.05) is 19.8 Å². The molecule has 0 bridgehead atoms. The molecule has 1 aliphatic carbocycles. The molecule has 86 valence electrons. The summed E-state index contributed by atoms with van der Waals surface area (Å²) in [5.41, 5.74) is 0. The van der Waals surface area contributed by atoms with E-state index in [9.17, 15) is 4.79 Å². The van der Waals surface area contributed by atoms with Gasteiger partial charge in [-0.3, -0.25) is 4.79 Å². The highest BCUT2D eigenvalue weighted by Crippen LogP contribution is 2.39. The highest BCUT2D eigenvalue weighted by atomic mass is 16.7. The van der Waals surface area contributed by atoms with Crippen LogP contribution < -0.4 is 0 Å². The van der Waals surface area contributed by atoms with Gasteiger partial charge in [-0.2, -0.15) is 0 Å². The summed E-state index contributed by atoms with van der Waals surface area (Å²) in [5.74, 6) is -0.622. The maximum absolute atomic E-state index is 11.6. The average molecular weight is 214 g/mol. The minimum Gasteiger partial charge on any atom is -0.466 e. The zero-order chi connectivity index (χ0) is 10.7. The molecule has 15 heavy (non-hydrogen) atoms. The van der Waals surface area contributed by atoms with Crippen molar-refractivity contribution in [3.63, 3.8) is 0 Å². The predicted octanol–water partition coefficient (Wildman–Crippen LogP) is 1.48. The zero-order valence-electron chi connectivity index (χ0n) is 9.16. The van der Waals surface area contributed by atoms with Crippen molar-refractivity contribution < 1.29 is 19.0 Å². The van der Waals surface area contributed by atoms with Gasteiger partial charge in [-0.1, -0.05) is 0 Å². The molecule has 1 spiro atoms. The first-order valence-corrected chi connectivity index (χ1v) is 5.70. The van der Waals surface area contributed by atoms with Crippen LogP contribution in [-0.4, -0.2) is 31.6 Å². The predicted molar refractivity (Wildman–Crippen MR) is 53.2 cm³/mol. The molecule has 4 nitrogen and oxygen atoms in total. The van der Waals surface area contributed by atoms with Gasteiger partial charge in [0.15, 0.2) is 5.79 Å². The summed E-state index contributed by atoms with van der Waals surface area (Å²) in [6.45, 7) is 3.58. The third kappa shape index (κ3) is 2.32. The van der Waals surface area contributed by atoms with Gasteiger partial charge in [-0.15, -0.1) is 0 Å². The fourth-order valence-electron chi connectivity index (χ4n) is 2.42. The Bertz CT molecular complexity index is 233. The lowest BCUT2D eigenvalue weighted by Crippen LogP contribution is -2.39. The molecule has 2 rings (SSSR count). The third-order valence-electron chi connectivity index (χ3n) is 3.10. The smallest absolute Gasteiger partial charge is 0.309 e. The molecule has 0 aromatic carbocycles. The van der Waals surface area contributed by atoms with Crippen LogP contribution in [-0.2, 0) is 19.0 Å². The lowest BCUT2D eigenvalue weighted by molar-refractivity contribution is -0.195. The fraction of sp³-hybridized carbons (Fsp3) is 0.909. The molecule has 0 amide bonds. The molecule has 0 radical (unpaired) electrons. The van der Waals surface area contributed by atoms with Gasteiger partial charge in [0.25, 0.3) is 0 Å². The maximum atomic E-state index is 11.6. The van der Waals surface area contributed by atoms with Crippen molar-refractivity contribution in [3.05, 3.63) is 0 Å². The summed E-state index contributed by atoms with van der Waals surface area (Å²) in [5, 5.41) is 0. The molecular weight excluding hydrogens is 196 g/mol. The van der Waals surface area contributed by atoms with Gasteiger partial charge in [0.1, 0.15) is 0 Å². The summed E-state index contributed by atoms with van der Waals surface area (Å²) >= 11 is 0. The number of hydrogen-bond acceptors (Lipinski definition) is 4. The minimum absolute atomic E-state index is 0.0446. The van der Waals surface area contributed by atoms with Crippen LogP contribution in [0, 0.1) is 5.92 Å². The number of rotatable bonds is 2. The van der Waals surface area contributed by atoms with E-state index in [2.05, 4.69) is 0 Å². The van der Waals surface area contributed by atoms with Crippen molar-refractivity contribution in [2.24, 2.45) is 5.92 Å². The van der Waals surface area contributed by atoms with E-state index in [-0.39, 0.29) is 11.9 Å². The Labute approximate surface area is 89.9 Å². The minimum atomic E-state index is -0.477. The molecule has 1 saturated carbocycles. The number of ether oxygens (including phenoxy) is 3. The highest BCUT2D eigenvalue weighted by molar-refractivity contribution is 5.72. The Kier molecular flexibility index (Phi) is 3.26. The van der Waals surface area contributed by atoms with E-state index in [0.29, 0.717) is 26.2 Å². The van der Waals surface area contributed by atoms with E-state index < -0.39 is 5.79 Å². The van der Waals surface area contributed by atoms with E-state index in [1.807, 2.05) is 6.92 Å². The van der Waals surface area contributed by atoms with E-state index in [0.717, 1.165) is 19.3 Å². The van der Waals surface area contributed by atoms with Crippen molar-refractivity contribution in [3.8, 4) is 0 Å². The molecule has 2 aliphatic rings. The van der Waals surface area contributed by atoms with Crippen LogP contribution in [0.1, 0.15) is 32.6 Å². The second-order valence-corrected chi connectivity index (χ2v) is 4.15. The Hall–Kier alpha value is -0.610. The molecule has 0 N–H and O–H groups in total. The molecule has 2 fully saturated rings. The van der Waals surface area contributed by atoms with Crippen LogP contribution in [0.3, 0.4) is 0 Å². The molecule has 4 heteroatoms. The van der Waals surface area contributed by atoms with Crippen molar-refractivity contribution in [1.29, 1.82) is 0 Å². The molecular formula is C11H18O4. The summed E-state index contributed by atoms with van der Waals surface area (Å²) < 4.78 is 16.3. The Morgan fingerprint density at radius 1 is 1.47 bits per heavy atom. The van der Waals surface area contributed by atoms with Crippen molar-refractivity contribution in [1.82, 2.24) is 0 Å². The molecule has 1 aliphatic heterocycles. The lowest BCUT2D eigenvalue weighted by Gasteiger charge is -2.34. The van der Waals surface area contributed by atoms with Crippen LogP contribution in [0.2, 0.25) is 0 Å². The first-order valence-electron chi connectivity index (χ1n) is 5.70. The molecule has 0 aromatic heterocycles. The molecule has 1 unspecified atom stereocenters. The summed E-state index contributed by atoms with van der Waals surface area (Å²) in [6.07, 6.45) is 3.44. The van der Waals surface area contributed by atoms with Crippen LogP contribution >= 0.6 is 0 Å². The number of carbonyl (C=O) groups is 1. The molecule has 1 heterocycles. The largest absolute Gasteiger partial charge is 0.466 e. The van der Waals surface area contributed by atoms with Crippen molar-refractivity contribution in [2.45, 2.75) is 38.4 Å². The zero-order valence-corrected chi connectivity index (χ0v) is 9.16. The van der Waals surface area contributed by atoms with Gasteiger partial charge < -0.3 is 14.2 Å². The monoisotopic (exact) mass is 214 g/mol. The van der Waals surface area contributed by atoms with E-state index in [4.69, 9.17) is 14.2 Å². The number of esters is 1. The first kappa shape index (κ1) is 10.9. The van der Waals surface area contributed by atoms with Gasteiger partial charge in [0, 0.05) is 12.8 Å². The number of carbonyl (C=O) groups excluding carboxylic acids is 1. The number of hydrogen-bond donors (Lipinski definition) is 0. The second kappa shape index (κ2) is 4.49. The standard InChI is InChI=1S/C11H18O4/c1-2-13-10(12)9-4-3-5-11(8-9)14-6-7-15-11/h9H,2-8H2,1H3. The van der Waals surface area contributed by atoms with Gasteiger partial charge >= 0.3 is 5.97 Å². The Morgan fingerprint density at radius 3 is 2.87 bits per heavy atom. The second-order valence-electron chi connectivity index (χ2n) is 4.15. The topological polar surface area (TPSA) is 44.8 Å². The normalized spacial score (nSPS) is 29.3. The van der Waals surface area contributed by atoms with Gasteiger partial charge in [0.2, 0.25) is 0 Å². The summed E-state index contributed by atoms with van der Waals surface area (Å²) in [7, 11) is 0. The highest BCUT2D eigenvalue weighted by Gasteiger charge is 2.43. The van der Waals surface area contributed by atoms with E-state index >= 15 is 0 Å². The fourth-order valence-corrected chi connectivity index (χ4v) is 2.42. The first-order chi connectivity index (χ1) is 7.26. The quantitative estimate of drug-likeness (QED) is 0.653. The SMILES string of the molecule is CCOC(=O)C1CCCC2(C1)OCCO2. The Balaban J connectivity index is 1.94. The Morgan fingerprint density at radius 2 is 2.20 bits per heavy atom. The van der Waals surface area contributed by atoms with Gasteiger partial charge in [-0.25, -0.2) is 0 Å². The van der Waals surface area contributed by atoms with Crippen LogP contribution in [0.5, 0.6) is 0 Å². The summed E-state index contributed by atoms with van der Waals surface area (Å²) in [6, 6.07) is 0. The van der Waals surface area contributed by atoms with Gasteiger partial charge in [0.05, 0.1) is 25.7 Å². The molecule has 1 atom stereocenters. The van der Waals surface area contributed by atoms with E-state index in [1.165, 1.54) is 0 Å². The third-order valence-corrected chi connectivity index (χ3v) is 3.10. The van der Waals surface area contributed by atoms with Crippen LogP contribution in [0.15, 0.2) is 0 Å². The van der Waals surface area contributed by atoms with Gasteiger partial charge in [-0.05, 0) is 19.8 Å². The molecule has 1 saturated heterocycles. The molecule has 0 aromatic rings.